The summed E-state index contributed by atoms with van der Waals surface area (Å²) in [5, 5.41) is 3.72. The van der Waals surface area contributed by atoms with Crippen molar-refractivity contribution in [2.75, 3.05) is 39.1 Å². The number of hydrogen-bond acceptors (Lipinski definition) is 6. The van der Waals surface area contributed by atoms with Crippen LogP contribution in [0.25, 0.3) is 10.9 Å². The third-order valence-corrected chi connectivity index (χ3v) is 6.02. The Morgan fingerprint density at radius 3 is 2.73 bits per heavy atom. The van der Waals surface area contributed by atoms with E-state index in [1.165, 1.54) is 16.3 Å². The highest BCUT2D eigenvalue weighted by Crippen LogP contribution is 2.18. The van der Waals surface area contributed by atoms with E-state index in [0.717, 1.165) is 32.4 Å². The predicted octanol–water partition coefficient (Wildman–Crippen LogP) is 1.65. The maximum Gasteiger partial charge on any atom is 0.262 e. The van der Waals surface area contributed by atoms with Crippen molar-refractivity contribution < 1.29 is 14.3 Å². The van der Waals surface area contributed by atoms with E-state index in [0.29, 0.717) is 29.2 Å². The molecule has 2 aromatic rings. The maximum atomic E-state index is 13.1. The topological polar surface area (TPSA) is 93.5 Å². The number of nitrogens with zero attached hydrogens (tertiary/aromatic N) is 3. The van der Waals surface area contributed by atoms with Gasteiger partial charge < -0.3 is 15.0 Å². The second kappa shape index (κ2) is 11.1. The van der Waals surface area contributed by atoms with E-state index in [4.69, 9.17) is 4.74 Å². The Morgan fingerprint density at radius 1 is 1.20 bits per heavy atom. The SMILES string of the molecule is COCCNC(=O)CSc1nc2ccccc2c(=O)n1CCC(=O)N1CCCCC1. The molecule has 0 spiro atoms. The number of likely N-dealkylation sites (tertiary alicyclic amines) is 1. The molecule has 162 valence electrons. The first kappa shape index (κ1) is 22.3. The highest BCUT2D eigenvalue weighted by molar-refractivity contribution is 7.99. The van der Waals surface area contributed by atoms with Gasteiger partial charge in [0.1, 0.15) is 0 Å². The highest BCUT2D eigenvalue weighted by Gasteiger charge is 2.18. The molecular formula is C21H28N4O4S. The lowest BCUT2D eigenvalue weighted by atomic mass is 10.1. The van der Waals surface area contributed by atoms with Crippen LogP contribution in [0.2, 0.25) is 0 Å². The number of fused-ring (bicyclic) bond motifs is 1. The highest BCUT2D eigenvalue weighted by atomic mass is 32.2. The van der Waals surface area contributed by atoms with Crippen LogP contribution in [-0.4, -0.2) is 65.4 Å². The summed E-state index contributed by atoms with van der Waals surface area (Å²) in [7, 11) is 1.57. The Balaban J connectivity index is 1.75. The van der Waals surface area contributed by atoms with Crippen molar-refractivity contribution in [1.29, 1.82) is 0 Å². The number of ether oxygens (including phenoxy) is 1. The van der Waals surface area contributed by atoms with E-state index in [9.17, 15) is 14.4 Å². The molecule has 1 N–H and O–H groups in total. The molecular weight excluding hydrogens is 404 g/mol. The Hall–Kier alpha value is -2.39. The summed E-state index contributed by atoms with van der Waals surface area (Å²) in [6.07, 6.45) is 3.46. The quantitative estimate of drug-likeness (QED) is 0.368. The summed E-state index contributed by atoms with van der Waals surface area (Å²) in [6.45, 7) is 2.69. The zero-order chi connectivity index (χ0) is 21.3. The molecule has 1 aromatic carbocycles. The second-order valence-corrected chi connectivity index (χ2v) is 8.13. The second-order valence-electron chi connectivity index (χ2n) is 7.19. The van der Waals surface area contributed by atoms with Gasteiger partial charge in [-0.3, -0.25) is 19.0 Å². The molecule has 1 saturated heterocycles. The van der Waals surface area contributed by atoms with Gasteiger partial charge in [-0.1, -0.05) is 23.9 Å². The molecule has 30 heavy (non-hydrogen) atoms. The molecule has 2 heterocycles. The van der Waals surface area contributed by atoms with Crippen LogP contribution in [0, 0.1) is 0 Å². The molecule has 0 radical (unpaired) electrons. The van der Waals surface area contributed by atoms with Crippen molar-refractivity contribution in [2.24, 2.45) is 0 Å². The number of benzene rings is 1. The summed E-state index contributed by atoms with van der Waals surface area (Å²) >= 11 is 1.20. The predicted molar refractivity (Wildman–Crippen MR) is 117 cm³/mol. The Morgan fingerprint density at radius 2 is 1.97 bits per heavy atom. The fourth-order valence-electron chi connectivity index (χ4n) is 3.44. The summed E-state index contributed by atoms with van der Waals surface area (Å²) in [4.78, 5) is 44.2. The van der Waals surface area contributed by atoms with Gasteiger partial charge in [0.2, 0.25) is 11.8 Å². The number of hydrogen-bond donors (Lipinski definition) is 1. The van der Waals surface area contributed by atoms with Crippen molar-refractivity contribution in [3.8, 4) is 0 Å². The number of piperidine rings is 1. The van der Waals surface area contributed by atoms with Gasteiger partial charge in [-0.15, -0.1) is 0 Å². The smallest absolute Gasteiger partial charge is 0.262 e. The molecule has 0 bridgehead atoms. The van der Waals surface area contributed by atoms with Crippen LogP contribution in [0.4, 0.5) is 0 Å². The van der Waals surface area contributed by atoms with Crippen molar-refractivity contribution in [3.05, 3.63) is 34.6 Å². The largest absolute Gasteiger partial charge is 0.383 e. The first-order valence-electron chi connectivity index (χ1n) is 10.3. The van der Waals surface area contributed by atoms with Crippen molar-refractivity contribution in [3.63, 3.8) is 0 Å². The van der Waals surface area contributed by atoms with Gasteiger partial charge in [0, 0.05) is 39.7 Å². The molecule has 1 fully saturated rings. The Labute approximate surface area is 180 Å². The minimum atomic E-state index is -0.186. The number of amides is 2. The standard InChI is InChI=1S/C21H28N4O4S/c1-29-14-10-22-18(26)15-30-21-23-17-8-4-3-7-16(17)20(28)25(21)13-9-19(27)24-11-5-2-6-12-24/h3-4,7-8H,2,5-6,9-15H2,1H3,(H,22,26). The summed E-state index contributed by atoms with van der Waals surface area (Å²) in [5.74, 6) is 0.0348. The van der Waals surface area contributed by atoms with E-state index in [-0.39, 0.29) is 36.1 Å². The van der Waals surface area contributed by atoms with Gasteiger partial charge >= 0.3 is 0 Å². The Kier molecular flexibility index (Phi) is 8.27. The first-order valence-corrected chi connectivity index (χ1v) is 11.2. The minimum absolute atomic E-state index is 0.0583. The number of methoxy groups -OCH3 is 1. The van der Waals surface area contributed by atoms with E-state index in [1.807, 2.05) is 11.0 Å². The lowest BCUT2D eigenvalue weighted by Crippen LogP contribution is -2.37. The van der Waals surface area contributed by atoms with Gasteiger partial charge in [0.25, 0.3) is 5.56 Å². The zero-order valence-corrected chi connectivity index (χ0v) is 18.1. The number of thioether (sulfide) groups is 1. The van der Waals surface area contributed by atoms with Gasteiger partial charge in [-0.05, 0) is 31.4 Å². The van der Waals surface area contributed by atoms with E-state index in [1.54, 1.807) is 25.3 Å². The monoisotopic (exact) mass is 432 g/mol. The minimum Gasteiger partial charge on any atom is -0.383 e. The fourth-order valence-corrected chi connectivity index (χ4v) is 4.29. The van der Waals surface area contributed by atoms with Gasteiger partial charge in [-0.2, -0.15) is 0 Å². The summed E-state index contributed by atoms with van der Waals surface area (Å²) in [5.41, 5.74) is 0.401. The molecule has 9 heteroatoms. The summed E-state index contributed by atoms with van der Waals surface area (Å²) in [6, 6.07) is 7.14. The first-order chi connectivity index (χ1) is 14.6. The van der Waals surface area contributed by atoms with E-state index < -0.39 is 0 Å². The van der Waals surface area contributed by atoms with E-state index in [2.05, 4.69) is 10.3 Å². The third-order valence-electron chi connectivity index (χ3n) is 5.05. The van der Waals surface area contributed by atoms with Gasteiger partial charge in [0.15, 0.2) is 5.16 Å². The molecule has 1 aliphatic heterocycles. The molecule has 3 rings (SSSR count). The molecule has 1 aliphatic rings. The molecule has 0 aliphatic carbocycles. The van der Waals surface area contributed by atoms with E-state index >= 15 is 0 Å². The molecule has 1 aromatic heterocycles. The number of aromatic nitrogens is 2. The van der Waals surface area contributed by atoms with Crippen LogP contribution in [0.5, 0.6) is 0 Å². The molecule has 8 nitrogen and oxygen atoms in total. The van der Waals surface area contributed by atoms with Crippen molar-refractivity contribution in [2.45, 2.75) is 37.4 Å². The lowest BCUT2D eigenvalue weighted by molar-refractivity contribution is -0.132. The molecule has 0 saturated carbocycles. The molecule has 0 atom stereocenters. The van der Waals surface area contributed by atoms with Crippen molar-refractivity contribution in [1.82, 2.24) is 19.8 Å². The average molecular weight is 433 g/mol. The number of carbonyl (C=O) groups excluding carboxylic acids is 2. The normalized spacial score (nSPS) is 14.1. The van der Waals surface area contributed by atoms with Crippen LogP contribution in [-0.2, 0) is 20.9 Å². The van der Waals surface area contributed by atoms with Crippen LogP contribution in [0.3, 0.4) is 0 Å². The number of carbonyl (C=O) groups is 2. The zero-order valence-electron chi connectivity index (χ0n) is 17.3. The number of para-hydroxylation sites is 1. The van der Waals surface area contributed by atoms with Crippen LogP contribution in [0.1, 0.15) is 25.7 Å². The lowest BCUT2D eigenvalue weighted by Gasteiger charge is -2.27. The van der Waals surface area contributed by atoms with Crippen LogP contribution in [0.15, 0.2) is 34.2 Å². The van der Waals surface area contributed by atoms with Crippen LogP contribution >= 0.6 is 11.8 Å². The number of rotatable bonds is 9. The summed E-state index contributed by atoms with van der Waals surface area (Å²) < 4.78 is 6.45. The third kappa shape index (κ3) is 5.82. The maximum absolute atomic E-state index is 13.1. The van der Waals surface area contributed by atoms with Gasteiger partial charge in [-0.25, -0.2) is 4.98 Å². The van der Waals surface area contributed by atoms with Crippen LogP contribution < -0.4 is 10.9 Å². The fraction of sp³-hybridized carbons (Fsp3) is 0.524. The van der Waals surface area contributed by atoms with Gasteiger partial charge in [0.05, 0.1) is 23.3 Å². The molecule has 0 unspecified atom stereocenters. The number of nitrogens with one attached hydrogen (secondary N) is 1. The average Bonchev–Trinajstić information content (AvgIpc) is 2.78. The molecule has 2 amide bonds. The van der Waals surface area contributed by atoms with Crippen molar-refractivity contribution >= 4 is 34.5 Å². The Bertz CT molecular complexity index is 940.